The molecule has 13 heavy (non-hydrogen) atoms. The van der Waals surface area contributed by atoms with E-state index in [0.717, 1.165) is 16.0 Å². The molecule has 1 heterocycles. The number of benzene rings is 1. The Labute approximate surface area is 79.2 Å². The van der Waals surface area contributed by atoms with Crippen LogP contribution in [0.4, 0.5) is 0 Å². The van der Waals surface area contributed by atoms with Gasteiger partial charge in [-0.15, -0.1) is 0 Å². The average Bonchev–Trinajstić information content (AvgIpc) is 2.43. The highest BCUT2D eigenvalue weighted by molar-refractivity contribution is 7.16. The maximum Gasteiger partial charge on any atom is 0.307 e. The summed E-state index contributed by atoms with van der Waals surface area (Å²) in [5.74, 6) is 0.748. The van der Waals surface area contributed by atoms with Crippen molar-refractivity contribution in [1.82, 2.24) is 4.57 Å². The Kier molecular flexibility index (Phi) is 1.84. The molecule has 1 aromatic heterocycles. The molecule has 0 saturated heterocycles. The number of fused-ring (bicyclic) bond motifs is 1. The number of methoxy groups -OCH3 is 1. The summed E-state index contributed by atoms with van der Waals surface area (Å²) in [7, 11) is 3.36. The van der Waals surface area contributed by atoms with E-state index in [2.05, 4.69) is 0 Å². The van der Waals surface area contributed by atoms with Crippen molar-refractivity contribution < 1.29 is 4.74 Å². The van der Waals surface area contributed by atoms with Crippen LogP contribution in [0, 0.1) is 0 Å². The molecule has 68 valence electrons. The molecule has 0 aliphatic heterocycles. The third-order valence-corrected chi connectivity index (χ3v) is 2.99. The molecule has 0 atom stereocenters. The molecular weight excluding hydrogens is 186 g/mol. The molecule has 0 radical (unpaired) electrons. The molecule has 1 aromatic carbocycles. The summed E-state index contributed by atoms with van der Waals surface area (Å²) in [6, 6.07) is 5.66. The minimum Gasteiger partial charge on any atom is -0.495 e. The van der Waals surface area contributed by atoms with E-state index < -0.39 is 0 Å². The lowest BCUT2D eigenvalue weighted by Crippen LogP contribution is -2.07. The van der Waals surface area contributed by atoms with Crippen molar-refractivity contribution in [3.05, 3.63) is 27.9 Å². The Bertz CT molecular complexity index is 498. The Morgan fingerprint density at radius 1 is 1.46 bits per heavy atom. The van der Waals surface area contributed by atoms with Crippen molar-refractivity contribution in [3.63, 3.8) is 0 Å². The number of aryl methyl sites for hydroxylation is 1. The number of hydrogen-bond acceptors (Lipinski definition) is 3. The van der Waals surface area contributed by atoms with E-state index in [0.29, 0.717) is 0 Å². The summed E-state index contributed by atoms with van der Waals surface area (Å²) in [5.41, 5.74) is 0.875. The second-order valence-electron chi connectivity index (χ2n) is 2.73. The van der Waals surface area contributed by atoms with Gasteiger partial charge in [0.2, 0.25) is 0 Å². The zero-order chi connectivity index (χ0) is 9.42. The van der Waals surface area contributed by atoms with Crippen LogP contribution in [0.5, 0.6) is 5.75 Å². The standard InChI is InChI=1S/C9H9NO2S/c1-10-8-6(12-2)4-3-5-7(8)13-9(10)11/h3-5H,1-2H3. The van der Waals surface area contributed by atoms with Crippen LogP contribution >= 0.6 is 11.3 Å². The largest absolute Gasteiger partial charge is 0.495 e. The van der Waals surface area contributed by atoms with Crippen LogP contribution in [0.3, 0.4) is 0 Å². The van der Waals surface area contributed by atoms with Crippen LogP contribution in [0.2, 0.25) is 0 Å². The number of rotatable bonds is 1. The zero-order valence-corrected chi connectivity index (χ0v) is 8.22. The molecular formula is C9H9NO2S. The Hall–Kier alpha value is -1.29. The van der Waals surface area contributed by atoms with Gasteiger partial charge in [0.15, 0.2) is 0 Å². The van der Waals surface area contributed by atoms with Crippen molar-refractivity contribution in [3.8, 4) is 5.75 Å². The van der Waals surface area contributed by atoms with Crippen molar-refractivity contribution in [1.29, 1.82) is 0 Å². The molecule has 0 saturated carbocycles. The topological polar surface area (TPSA) is 31.2 Å². The monoisotopic (exact) mass is 195 g/mol. The molecule has 0 aliphatic rings. The maximum absolute atomic E-state index is 11.3. The van der Waals surface area contributed by atoms with Crippen LogP contribution in [0.15, 0.2) is 23.0 Å². The number of ether oxygens (including phenoxy) is 1. The number of aromatic nitrogens is 1. The van der Waals surface area contributed by atoms with Crippen molar-refractivity contribution in [2.75, 3.05) is 7.11 Å². The van der Waals surface area contributed by atoms with Gasteiger partial charge in [-0.2, -0.15) is 0 Å². The summed E-state index contributed by atoms with van der Waals surface area (Å²) >= 11 is 1.24. The van der Waals surface area contributed by atoms with E-state index >= 15 is 0 Å². The fourth-order valence-corrected chi connectivity index (χ4v) is 2.23. The second-order valence-corrected chi connectivity index (χ2v) is 3.73. The Morgan fingerprint density at radius 2 is 2.23 bits per heavy atom. The van der Waals surface area contributed by atoms with Crippen molar-refractivity contribution >= 4 is 21.6 Å². The summed E-state index contributed by atoms with van der Waals surface area (Å²) in [5, 5.41) is 0. The Balaban J connectivity index is 2.95. The van der Waals surface area contributed by atoms with Crippen LogP contribution in [-0.4, -0.2) is 11.7 Å². The molecule has 0 aliphatic carbocycles. The molecule has 2 rings (SSSR count). The highest BCUT2D eigenvalue weighted by Gasteiger charge is 2.07. The van der Waals surface area contributed by atoms with Crippen LogP contribution in [0.25, 0.3) is 10.2 Å². The molecule has 0 unspecified atom stereocenters. The lowest BCUT2D eigenvalue weighted by atomic mass is 10.3. The molecule has 0 fully saturated rings. The smallest absolute Gasteiger partial charge is 0.307 e. The predicted molar refractivity (Wildman–Crippen MR) is 53.6 cm³/mol. The lowest BCUT2D eigenvalue weighted by Gasteiger charge is -2.01. The third-order valence-electron chi connectivity index (χ3n) is 1.99. The first-order valence-electron chi connectivity index (χ1n) is 3.86. The van der Waals surface area contributed by atoms with Gasteiger partial charge in [-0.05, 0) is 12.1 Å². The fraction of sp³-hybridized carbons (Fsp3) is 0.222. The quantitative estimate of drug-likeness (QED) is 0.692. The zero-order valence-electron chi connectivity index (χ0n) is 7.40. The third kappa shape index (κ3) is 1.14. The van der Waals surface area contributed by atoms with Gasteiger partial charge in [0.05, 0.1) is 11.8 Å². The summed E-state index contributed by atoms with van der Waals surface area (Å²) in [6.45, 7) is 0. The van der Waals surface area contributed by atoms with Gasteiger partial charge in [0.1, 0.15) is 11.3 Å². The lowest BCUT2D eigenvalue weighted by molar-refractivity contribution is 0.418. The molecule has 3 nitrogen and oxygen atoms in total. The SMILES string of the molecule is COc1cccc2sc(=O)n(C)c12. The Morgan fingerprint density at radius 3 is 2.92 bits per heavy atom. The summed E-state index contributed by atoms with van der Waals surface area (Å²) < 4.78 is 7.74. The van der Waals surface area contributed by atoms with Crippen LogP contribution in [-0.2, 0) is 7.05 Å². The minimum absolute atomic E-state index is 0.0412. The molecule has 4 heteroatoms. The first-order valence-corrected chi connectivity index (χ1v) is 4.68. The summed E-state index contributed by atoms with van der Waals surface area (Å²) in [6.07, 6.45) is 0. The van der Waals surface area contributed by atoms with Gasteiger partial charge < -0.3 is 4.74 Å². The van der Waals surface area contributed by atoms with Crippen molar-refractivity contribution in [2.24, 2.45) is 7.05 Å². The second kappa shape index (κ2) is 2.88. The van der Waals surface area contributed by atoms with Crippen molar-refractivity contribution in [2.45, 2.75) is 0 Å². The van der Waals surface area contributed by atoms with Gasteiger partial charge in [-0.1, -0.05) is 17.4 Å². The molecule has 2 aromatic rings. The minimum atomic E-state index is 0.0412. The molecule has 0 bridgehead atoms. The number of thiazole rings is 1. The first-order chi connectivity index (χ1) is 6.24. The predicted octanol–water partition coefficient (Wildman–Crippen LogP) is 1.61. The first kappa shape index (κ1) is 8.31. The molecule has 0 N–H and O–H groups in total. The van der Waals surface area contributed by atoms with Gasteiger partial charge >= 0.3 is 4.87 Å². The van der Waals surface area contributed by atoms with E-state index in [1.165, 1.54) is 11.3 Å². The van der Waals surface area contributed by atoms with Gasteiger partial charge in [0, 0.05) is 7.05 Å². The highest BCUT2D eigenvalue weighted by Crippen LogP contribution is 2.25. The number of hydrogen-bond donors (Lipinski definition) is 0. The van der Waals surface area contributed by atoms with E-state index in [1.54, 1.807) is 18.7 Å². The number of nitrogens with zero attached hydrogens (tertiary/aromatic N) is 1. The normalized spacial score (nSPS) is 10.6. The van der Waals surface area contributed by atoms with Crippen LogP contribution in [0.1, 0.15) is 0 Å². The average molecular weight is 195 g/mol. The van der Waals surface area contributed by atoms with Gasteiger partial charge in [0.25, 0.3) is 0 Å². The molecule has 0 amide bonds. The maximum atomic E-state index is 11.3. The number of para-hydroxylation sites is 1. The van der Waals surface area contributed by atoms with Gasteiger partial charge in [-0.3, -0.25) is 9.36 Å². The van der Waals surface area contributed by atoms with E-state index in [1.807, 2.05) is 18.2 Å². The summed E-state index contributed by atoms with van der Waals surface area (Å²) in [4.78, 5) is 11.4. The van der Waals surface area contributed by atoms with Gasteiger partial charge in [-0.25, -0.2) is 0 Å². The highest BCUT2D eigenvalue weighted by atomic mass is 32.1. The van der Waals surface area contributed by atoms with E-state index in [-0.39, 0.29) is 4.87 Å². The van der Waals surface area contributed by atoms with E-state index in [9.17, 15) is 4.79 Å². The fourth-order valence-electron chi connectivity index (χ4n) is 1.33. The molecule has 0 spiro atoms. The van der Waals surface area contributed by atoms with Crippen LogP contribution < -0.4 is 9.61 Å². The van der Waals surface area contributed by atoms with E-state index in [4.69, 9.17) is 4.74 Å².